The molecule has 3 aliphatic heterocycles. The van der Waals surface area contributed by atoms with Gasteiger partial charge in [-0.15, -0.1) is 0 Å². The predicted molar refractivity (Wildman–Crippen MR) is 113 cm³/mol. The summed E-state index contributed by atoms with van der Waals surface area (Å²) in [6.07, 6.45) is 6.08. The minimum atomic E-state index is -2.01. The first-order valence-corrected chi connectivity index (χ1v) is 10.4. The zero-order chi connectivity index (χ0) is 19.8. The Morgan fingerprint density at radius 2 is 1.45 bits per heavy atom. The number of fused-ring (bicyclic) bond motifs is 2. The lowest BCUT2D eigenvalue weighted by Gasteiger charge is -2.45. The SMILES string of the molecule is CCCN1C=C[N+](CCC)=C(B2Oc3ccccc3O2)[B-]12Oc1ccccc1O2. The van der Waals surface area contributed by atoms with Crippen LogP contribution in [0.2, 0.25) is 0 Å². The fourth-order valence-corrected chi connectivity index (χ4v) is 4.29. The summed E-state index contributed by atoms with van der Waals surface area (Å²) in [5, 5.41) is 0. The average Bonchev–Trinajstić information content (AvgIpc) is 3.32. The van der Waals surface area contributed by atoms with Gasteiger partial charge in [0, 0.05) is 12.6 Å². The second-order valence-corrected chi connectivity index (χ2v) is 7.52. The van der Waals surface area contributed by atoms with Crippen molar-refractivity contribution in [3.05, 3.63) is 60.9 Å². The maximum Gasteiger partial charge on any atom is 0.662 e. The van der Waals surface area contributed by atoms with Gasteiger partial charge in [0.25, 0.3) is 0 Å². The van der Waals surface area contributed by atoms with E-state index >= 15 is 0 Å². The molecule has 8 heteroatoms. The summed E-state index contributed by atoms with van der Waals surface area (Å²) in [6, 6.07) is 15.6. The van der Waals surface area contributed by atoms with Gasteiger partial charge >= 0.3 is 13.8 Å². The third-order valence-electron chi connectivity index (χ3n) is 5.51. The van der Waals surface area contributed by atoms with Crippen LogP contribution in [-0.4, -0.2) is 41.8 Å². The highest BCUT2D eigenvalue weighted by Gasteiger charge is 2.62. The largest absolute Gasteiger partial charge is 0.662 e. The van der Waals surface area contributed by atoms with Crippen LogP contribution in [0, 0.1) is 0 Å². The van der Waals surface area contributed by atoms with Gasteiger partial charge < -0.3 is 23.4 Å². The Balaban J connectivity index is 1.62. The number of benzene rings is 2. The molecule has 0 amide bonds. The third-order valence-corrected chi connectivity index (χ3v) is 5.51. The highest BCUT2D eigenvalue weighted by molar-refractivity contribution is 7.19. The van der Waals surface area contributed by atoms with E-state index in [1.807, 2.05) is 48.5 Å². The van der Waals surface area contributed by atoms with Crippen molar-refractivity contribution >= 4 is 19.3 Å². The molecule has 2 aromatic carbocycles. The molecule has 0 aromatic heterocycles. The first kappa shape index (κ1) is 18.0. The Morgan fingerprint density at radius 3 is 2.00 bits per heavy atom. The van der Waals surface area contributed by atoms with E-state index in [1.54, 1.807) is 0 Å². The lowest BCUT2D eigenvalue weighted by Crippen LogP contribution is -2.73. The van der Waals surface area contributed by atoms with Gasteiger partial charge in [0.15, 0.2) is 11.7 Å². The molecule has 148 valence electrons. The van der Waals surface area contributed by atoms with Crippen LogP contribution in [0.15, 0.2) is 60.9 Å². The number of rotatable bonds is 5. The molecule has 6 nitrogen and oxygen atoms in total. The number of hydrogen-bond acceptors (Lipinski definition) is 5. The van der Waals surface area contributed by atoms with Crippen molar-refractivity contribution in [2.75, 3.05) is 13.1 Å². The van der Waals surface area contributed by atoms with E-state index < -0.39 is 13.8 Å². The fourth-order valence-electron chi connectivity index (χ4n) is 4.29. The van der Waals surface area contributed by atoms with Crippen LogP contribution < -0.4 is 18.6 Å². The maximum atomic E-state index is 6.58. The second kappa shape index (κ2) is 7.10. The van der Waals surface area contributed by atoms with Gasteiger partial charge in [-0.2, -0.15) is 0 Å². The topological polar surface area (TPSA) is 43.2 Å². The Kier molecular flexibility index (Phi) is 4.42. The van der Waals surface area contributed by atoms with Crippen molar-refractivity contribution < 1.29 is 23.2 Å². The van der Waals surface area contributed by atoms with Crippen molar-refractivity contribution in [2.45, 2.75) is 26.7 Å². The molecule has 0 aliphatic carbocycles. The summed E-state index contributed by atoms with van der Waals surface area (Å²) in [5.74, 6) is 2.96. The van der Waals surface area contributed by atoms with E-state index in [9.17, 15) is 0 Å². The molecule has 0 N–H and O–H groups in total. The highest BCUT2D eigenvalue weighted by atomic mass is 16.7. The third kappa shape index (κ3) is 2.85. The lowest BCUT2D eigenvalue weighted by atomic mass is 9.49. The molecule has 29 heavy (non-hydrogen) atoms. The summed E-state index contributed by atoms with van der Waals surface area (Å²) >= 11 is 0. The molecule has 5 rings (SSSR count). The minimum Gasteiger partial charge on any atom is -0.656 e. The average molecular weight is 390 g/mol. The monoisotopic (exact) mass is 390 g/mol. The predicted octanol–water partition coefficient (Wildman–Crippen LogP) is 3.50. The molecule has 0 atom stereocenters. The van der Waals surface area contributed by atoms with Crippen molar-refractivity contribution in [3.63, 3.8) is 0 Å². The van der Waals surface area contributed by atoms with Crippen LogP contribution in [0.4, 0.5) is 0 Å². The molecule has 0 unspecified atom stereocenters. The zero-order valence-electron chi connectivity index (χ0n) is 16.8. The standard InChI is InChI=1S/C21H24B2N2O4/c1-3-13-24-15-16-25(14-4-2)23(28-19-11-7-8-12-20(19)29-23)21(24)22-26-17-9-5-6-10-18(17)27-22/h5-12,15-16H,3-4,13-14H2,1-2H3. The Labute approximate surface area is 171 Å². The number of hydrogen-bond donors (Lipinski definition) is 0. The molecule has 0 saturated carbocycles. The Hall–Kier alpha value is -3.02. The van der Waals surface area contributed by atoms with Crippen molar-refractivity contribution in [1.82, 2.24) is 4.81 Å². The van der Waals surface area contributed by atoms with Gasteiger partial charge in [0.2, 0.25) is 0 Å². The van der Waals surface area contributed by atoms with Crippen LogP contribution >= 0.6 is 0 Å². The summed E-state index contributed by atoms with van der Waals surface area (Å²) < 4.78 is 27.8. The van der Waals surface area contributed by atoms with E-state index in [0.717, 1.165) is 54.4 Å². The van der Waals surface area contributed by atoms with Gasteiger partial charge in [-0.3, -0.25) is 0 Å². The second-order valence-electron chi connectivity index (χ2n) is 7.52. The molecular formula is C21H24B2N2O4. The van der Waals surface area contributed by atoms with Crippen molar-refractivity contribution in [3.8, 4) is 23.0 Å². The molecule has 2 aromatic rings. The molecule has 0 saturated heterocycles. The first-order chi connectivity index (χ1) is 14.2. The summed E-state index contributed by atoms with van der Waals surface area (Å²) in [6.45, 7) is 3.91. The van der Waals surface area contributed by atoms with Gasteiger partial charge in [0.1, 0.15) is 29.5 Å². The summed E-state index contributed by atoms with van der Waals surface area (Å²) in [5.41, 5.74) is 0.857. The highest BCUT2D eigenvalue weighted by Crippen LogP contribution is 2.42. The van der Waals surface area contributed by atoms with Crippen LogP contribution in [0.25, 0.3) is 0 Å². The van der Waals surface area contributed by atoms with Gasteiger partial charge in [-0.05, 0) is 37.2 Å². The van der Waals surface area contributed by atoms with Crippen LogP contribution in [0.5, 0.6) is 23.0 Å². The molecular weight excluding hydrogens is 366 g/mol. The van der Waals surface area contributed by atoms with Crippen molar-refractivity contribution in [1.29, 1.82) is 0 Å². The van der Waals surface area contributed by atoms with Crippen LogP contribution in [0.3, 0.4) is 0 Å². The van der Waals surface area contributed by atoms with Crippen LogP contribution in [0.1, 0.15) is 26.7 Å². The number of nitrogens with zero attached hydrogens (tertiary/aromatic N) is 2. The maximum absolute atomic E-state index is 6.58. The molecule has 0 fully saturated rings. The van der Waals surface area contributed by atoms with Gasteiger partial charge in [0.05, 0.1) is 0 Å². The molecule has 1 spiro atoms. The number of para-hydroxylation sites is 4. The van der Waals surface area contributed by atoms with E-state index in [-0.39, 0.29) is 0 Å². The fraction of sp³-hybridized carbons (Fsp3) is 0.286. The zero-order valence-corrected chi connectivity index (χ0v) is 16.8. The van der Waals surface area contributed by atoms with Crippen molar-refractivity contribution in [2.24, 2.45) is 0 Å². The molecule has 3 heterocycles. The Bertz CT molecular complexity index is 944. The minimum absolute atomic E-state index is 0.613. The summed E-state index contributed by atoms with van der Waals surface area (Å²) in [4.78, 5) is 2.15. The smallest absolute Gasteiger partial charge is 0.656 e. The lowest BCUT2D eigenvalue weighted by molar-refractivity contribution is -0.456. The molecule has 0 bridgehead atoms. The van der Waals surface area contributed by atoms with Gasteiger partial charge in [-0.1, -0.05) is 38.1 Å². The van der Waals surface area contributed by atoms with E-state index in [0.29, 0.717) is 0 Å². The first-order valence-electron chi connectivity index (χ1n) is 10.4. The van der Waals surface area contributed by atoms with E-state index in [2.05, 4.69) is 35.6 Å². The summed E-state index contributed by atoms with van der Waals surface area (Å²) in [7, 11) is -0.613. The van der Waals surface area contributed by atoms with E-state index in [4.69, 9.17) is 18.6 Å². The quantitative estimate of drug-likeness (QED) is 0.578. The van der Waals surface area contributed by atoms with E-state index in [1.165, 1.54) is 0 Å². The molecule has 3 aliphatic rings. The van der Waals surface area contributed by atoms with Gasteiger partial charge in [-0.25, -0.2) is 4.58 Å². The molecule has 0 radical (unpaired) electrons. The normalized spacial score (nSPS) is 18.1. The Morgan fingerprint density at radius 1 is 0.862 bits per heavy atom. The van der Waals surface area contributed by atoms with Crippen LogP contribution in [-0.2, 0) is 0 Å².